The molecule has 196 valence electrons. The molecular formula is C28H24O4S6. The van der Waals surface area contributed by atoms with Gasteiger partial charge < -0.3 is 0 Å². The Balaban J connectivity index is 1.30. The van der Waals surface area contributed by atoms with Crippen molar-refractivity contribution in [1.29, 1.82) is 0 Å². The number of hydrogen-bond acceptors (Lipinski definition) is 10. The first kappa shape index (κ1) is 28.2. The third-order valence-electron chi connectivity index (χ3n) is 5.97. The lowest BCUT2D eigenvalue weighted by Crippen LogP contribution is -2.20. The number of carbonyl (C=O) groups is 4. The Morgan fingerprint density at radius 1 is 0.368 bits per heavy atom. The summed E-state index contributed by atoms with van der Waals surface area (Å²) >= 11 is 9.42. The molecule has 0 saturated heterocycles. The molecule has 1 aliphatic heterocycles. The summed E-state index contributed by atoms with van der Waals surface area (Å²) in [7, 11) is 0. The molecule has 0 spiro atoms. The minimum Gasteiger partial charge on any atom is -0.288 e. The van der Waals surface area contributed by atoms with Gasteiger partial charge in [0, 0.05) is 68.3 Å². The van der Waals surface area contributed by atoms with Gasteiger partial charge in [0.05, 0.1) is 19.6 Å². The van der Waals surface area contributed by atoms with Gasteiger partial charge in [-0.15, -0.1) is 47.0 Å². The molecule has 2 aromatic rings. The highest BCUT2D eigenvalue weighted by molar-refractivity contribution is 8.10. The summed E-state index contributed by atoms with van der Waals surface area (Å²) in [4.78, 5) is 55.4. The SMILES string of the molecule is O=C1C2=C(SCCSCCSC3=C(SCCSCCS2)C(=O)c2ccccc2C3=O)C(=O)c2ccccc21. The Morgan fingerprint density at radius 3 is 0.842 bits per heavy atom. The Morgan fingerprint density at radius 2 is 0.605 bits per heavy atom. The van der Waals surface area contributed by atoms with Gasteiger partial charge in [0.25, 0.3) is 0 Å². The van der Waals surface area contributed by atoms with E-state index in [9.17, 15) is 19.2 Å². The molecular weight excluding hydrogens is 593 g/mol. The van der Waals surface area contributed by atoms with E-state index in [0.29, 0.717) is 41.9 Å². The Bertz CT molecular complexity index is 1160. The Hall–Kier alpha value is -1.30. The average molecular weight is 617 g/mol. The maximum atomic E-state index is 13.3. The largest absolute Gasteiger partial charge is 0.288 e. The minimum atomic E-state index is -0.0491. The predicted octanol–water partition coefficient (Wildman–Crippen LogP) is 6.98. The summed E-state index contributed by atoms with van der Waals surface area (Å²) in [6, 6.07) is 14.2. The first-order valence-electron chi connectivity index (χ1n) is 12.1. The van der Waals surface area contributed by atoms with E-state index >= 15 is 0 Å². The summed E-state index contributed by atoms with van der Waals surface area (Å²) in [5, 5.41) is 0. The Labute approximate surface area is 247 Å². The summed E-state index contributed by atoms with van der Waals surface area (Å²) in [5.41, 5.74) is 2.00. The van der Waals surface area contributed by atoms with Gasteiger partial charge >= 0.3 is 0 Å². The molecule has 0 aromatic heterocycles. The van der Waals surface area contributed by atoms with E-state index in [1.807, 2.05) is 0 Å². The zero-order valence-electron chi connectivity index (χ0n) is 20.4. The number of carbonyl (C=O) groups excluding carboxylic acids is 4. The van der Waals surface area contributed by atoms with Crippen LogP contribution in [-0.2, 0) is 0 Å². The molecule has 0 atom stereocenters. The van der Waals surface area contributed by atoms with E-state index in [2.05, 4.69) is 0 Å². The smallest absolute Gasteiger partial charge is 0.201 e. The van der Waals surface area contributed by atoms with Crippen molar-refractivity contribution in [1.82, 2.24) is 0 Å². The molecule has 0 radical (unpaired) electrons. The van der Waals surface area contributed by atoms with Crippen molar-refractivity contribution in [2.45, 2.75) is 0 Å². The van der Waals surface area contributed by atoms with Gasteiger partial charge in [-0.2, -0.15) is 23.5 Å². The third-order valence-corrected chi connectivity index (χ3v) is 13.6. The number of Topliss-reactive ketones (excluding diaryl/α,β-unsaturated/α-hetero) is 4. The zero-order valence-corrected chi connectivity index (χ0v) is 25.3. The van der Waals surface area contributed by atoms with Crippen molar-refractivity contribution in [3.63, 3.8) is 0 Å². The molecule has 4 nitrogen and oxygen atoms in total. The fraction of sp³-hybridized carbons (Fsp3) is 0.286. The first-order chi connectivity index (χ1) is 18.6. The molecule has 2 aliphatic carbocycles. The number of hydrogen-bond donors (Lipinski definition) is 0. The van der Waals surface area contributed by atoms with Gasteiger partial charge in [0.15, 0.2) is 0 Å². The lowest BCUT2D eigenvalue weighted by Gasteiger charge is -2.21. The van der Waals surface area contributed by atoms with E-state index in [1.165, 1.54) is 47.0 Å². The minimum absolute atomic E-state index is 0.0491. The fourth-order valence-corrected chi connectivity index (χ4v) is 11.2. The van der Waals surface area contributed by atoms with Gasteiger partial charge in [-0.05, 0) is 0 Å². The molecule has 1 heterocycles. The second kappa shape index (κ2) is 13.4. The van der Waals surface area contributed by atoms with Crippen LogP contribution < -0.4 is 0 Å². The third kappa shape index (κ3) is 6.05. The molecule has 0 unspecified atom stereocenters. The highest BCUT2D eigenvalue weighted by Crippen LogP contribution is 2.40. The van der Waals surface area contributed by atoms with E-state index in [4.69, 9.17) is 0 Å². The standard InChI is InChI=1S/C28H24O4S6/c29-21-17-5-1-2-6-18(17)22(30)26-25(21)35-13-9-33-11-15-37-27-23(31)19-7-3-4-8-20(19)24(32)28(27)38-16-12-34-10-14-36-26/h1-8H,9-16H2. The molecule has 0 bridgehead atoms. The fourth-order valence-electron chi connectivity index (χ4n) is 4.20. The average Bonchev–Trinajstić information content (AvgIpc) is 2.94. The van der Waals surface area contributed by atoms with Crippen LogP contribution in [0.3, 0.4) is 0 Å². The molecule has 2 aromatic carbocycles. The molecule has 10 heteroatoms. The van der Waals surface area contributed by atoms with E-state index in [-0.39, 0.29) is 23.1 Å². The van der Waals surface area contributed by atoms with Gasteiger partial charge in [-0.25, -0.2) is 0 Å². The van der Waals surface area contributed by atoms with Crippen LogP contribution in [-0.4, -0.2) is 69.2 Å². The molecule has 0 amide bonds. The van der Waals surface area contributed by atoms with Crippen LogP contribution in [0.2, 0.25) is 0 Å². The Kier molecular flexibility index (Phi) is 9.94. The second-order valence-corrected chi connectivity index (χ2v) is 15.2. The maximum Gasteiger partial charge on any atom is 0.201 e. The van der Waals surface area contributed by atoms with Crippen molar-refractivity contribution in [3.05, 3.63) is 90.4 Å². The van der Waals surface area contributed by atoms with Crippen LogP contribution in [0.4, 0.5) is 0 Å². The van der Waals surface area contributed by atoms with Crippen LogP contribution in [0.5, 0.6) is 0 Å². The summed E-state index contributed by atoms with van der Waals surface area (Å²) < 4.78 is 0. The van der Waals surface area contributed by atoms with E-state index < -0.39 is 0 Å². The predicted molar refractivity (Wildman–Crippen MR) is 169 cm³/mol. The number of rotatable bonds is 0. The van der Waals surface area contributed by atoms with Gasteiger partial charge in [-0.3, -0.25) is 19.2 Å². The quantitative estimate of drug-likeness (QED) is 0.310. The van der Waals surface area contributed by atoms with E-state index in [0.717, 1.165) is 46.0 Å². The number of benzene rings is 2. The van der Waals surface area contributed by atoms with Crippen LogP contribution >= 0.6 is 70.6 Å². The van der Waals surface area contributed by atoms with Crippen molar-refractivity contribution in [3.8, 4) is 0 Å². The highest BCUT2D eigenvalue weighted by atomic mass is 32.2. The molecule has 0 N–H and O–H groups in total. The van der Waals surface area contributed by atoms with Gasteiger partial charge in [0.2, 0.25) is 23.1 Å². The number of allylic oxidation sites excluding steroid dienone is 4. The summed E-state index contributed by atoms with van der Waals surface area (Å²) in [6.07, 6.45) is 0. The molecule has 3 aliphatic rings. The monoisotopic (exact) mass is 616 g/mol. The highest BCUT2D eigenvalue weighted by Gasteiger charge is 2.33. The number of fused-ring (bicyclic) bond motifs is 2. The lowest BCUT2D eigenvalue weighted by molar-refractivity contribution is 0.0988. The van der Waals surface area contributed by atoms with Crippen molar-refractivity contribution in [2.75, 3.05) is 46.0 Å². The molecule has 38 heavy (non-hydrogen) atoms. The van der Waals surface area contributed by atoms with Gasteiger partial charge in [-0.1, -0.05) is 48.5 Å². The molecule has 0 fully saturated rings. The lowest BCUT2D eigenvalue weighted by atomic mass is 9.94. The van der Waals surface area contributed by atoms with Crippen LogP contribution in [0.15, 0.2) is 68.2 Å². The van der Waals surface area contributed by atoms with E-state index in [1.54, 1.807) is 72.1 Å². The zero-order chi connectivity index (χ0) is 26.5. The van der Waals surface area contributed by atoms with Crippen molar-refractivity contribution >= 4 is 93.7 Å². The van der Waals surface area contributed by atoms with Crippen LogP contribution in [0, 0.1) is 0 Å². The summed E-state index contributed by atoms with van der Waals surface area (Å²) in [5.74, 6) is 5.98. The van der Waals surface area contributed by atoms with Crippen molar-refractivity contribution in [2.24, 2.45) is 0 Å². The van der Waals surface area contributed by atoms with Gasteiger partial charge in [0.1, 0.15) is 0 Å². The summed E-state index contributed by atoms with van der Waals surface area (Å²) in [6.45, 7) is 0. The second-order valence-electron chi connectivity index (χ2n) is 8.34. The normalized spacial score (nSPS) is 20.2. The number of ketones is 4. The topological polar surface area (TPSA) is 68.3 Å². The maximum absolute atomic E-state index is 13.3. The van der Waals surface area contributed by atoms with Crippen molar-refractivity contribution < 1.29 is 19.2 Å². The van der Waals surface area contributed by atoms with Crippen LogP contribution in [0.25, 0.3) is 0 Å². The first-order valence-corrected chi connectivity index (χ1v) is 18.3. The molecule has 0 saturated carbocycles. The van der Waals surface area contributed by atoms with Crippen LogP contribution in [0.1, 0.15) is 41.4 Å². The number of thioether (sulfide) groups is 6. The molecule has 5 rings (SSSR count).